The van der Waals surface area contributed by atoms with Crippen LogP contribution in [-0.2, 0) is 9.53 Å². The Bertz CT molecular complexity index is 250. The zero-order valence-electron chi connectivity index (χ0n) is 11.2. The lowest BCUT2D eigenvalue weighted by molar-refractivity contribution is -0.124. The summed E-state index contributed by atoms with van der Waals surface area (Å²) in [7, 11) is 1.93. The average Bonchev–Trinajstić information content (AvgIpc) is 2.30. The second-order valence-electron chi connectivity index (χ2n) is 5.33. The molecule has 17 heavy (non-hydrogen) atoms. The molecule has 1 aliphatic heterocycles. The first kappa shape index (κ1) is 14.4. The molecule has 1 aliphatic rings. The molecule has 5 nitrogen and oxygen atoms in total. The van der Waals surface area contributed by atoms with Gasteiger partial charge in [-0.15, -0.1) is 0 Å². The van der Waals surface area contributed by atoms with Gasteiger partial charge < -0.3 is 15.8 Å². The minimum Gasteiger partial charge on any atom is -0.381 e. The van der Waals surface area contributed by atoms with Crippen LogP contribution in [-0.4, -0.2) is 55.7 Å². The SMILES string of the molecule is CN(CC(=O)NC1CCOCC1)C(C)(C)CN. The van der Waals surface area contributed by atoms with Crippen molar-refractivity contribution in [3.8, 4) is 0 Å². The highest BCUT2D eigenvalue weighted by atomic mass is 16.5. The normalized spacial score (nSPS) is 18.4. The highest BCUT2D eigenvalue weighted by Crippen LogP contribution is 2.10. The molecule has 0 bridgehead atoms. The fraction of sp³-hybridized carbons (Fsp3) is 0.917. The van der Waals surface area contributed by atoms with Gasteiger partial charge in [0, 0.05) is 31.3 Å². The maximum atomic E-state index is 11.8. The number of ether oxygens (including phenoxy) is 1. The molecule has 0 atom stereocenters. The van der Waals surface area contributed by atoms with Gasteiger partial charge in [-0.05, 0) is 33.7 Å². The Morgan fingerprint density at radius 3 is 2.59 bits per heavy atom. The molecule has 0 aromatic carbocycles. The molecule has 1 rings (SSSR count). The van der Waals surface area contributed by atoms with E-state index in [2.05, 4.69) is 5.32 Å². The molecule has 0 radical (unpaired) electrons. The van der Waals surface area contributed by atoms with Gasteiger partial charge in [-0.1, -0.05) is 0 Å². The van der Waals surface area contributed by atoms with Crippen molar-refractivity contribution in [3.63, 3.8) is 0 Å². The fourth-order valence-electron chi connectivity index (χ4n) is 1.70. The van der Waals surface area contributed by atoms with Crippen LogP contribution in [0, 0.1) is 0 Å². The van der Waals surface area contributed by atoms with E-state index in [1.807, 2.05) is 25.8 Å². The van der Waals surface area contributed by atoms with E-state index in [0.29, 0.717) is 13.1 Å². The standard InChI is InChI=1S/C12H25N3O2/c1-12(2,9-13)15(3)8-11(16)14-10-4-6-17-7-5-10/h10H,4-9,13H2,1-3H3,(H,14,16). The summed E-state index contributed by atoms with van der Waals surface area (Å²) in [5.74, 6) is 0.0703. The molecule has 1 fully saturated rings. The van der Waals surface area contributed by atoms with E-state index in [4.69, 9.17) is 10.5 Å². The van der Waals surface area contributed by atoms with Crippen molar-refractivity contribution >= 4 is 5.91 Å². The summed E-state index contributed by atoms with van der Waals surface area (Å²) in [6.45, 7) is 6.49. The van der Waals surface area contributed by atoms with E-state index in [0.717, 1.165) is 26.1 Å². The van der Waals surface area contributed by atoms with Gasteiger partial charge in [0.1, 0.15) is 0 Å². The number of hydrogen-bond acceptors (Lipinski definition) is 4. The molecule has 1 amide bonds. The summed E-state index contributed by atoms with van der Waals surface area (Å²) < 4.78 is 5.26. The van der Waals surface area contributed by atoms with E-state index < -0.39 is 0 Å². The Kier molecular flexibility index (Phi) is 5.36. The van der Waals surface area contributed by atoms with Crippen LogP contribution in [0.1, 0.15) is 26.7 Å². The maximum Gasteiger partial charge on any atom is 0.234 e. The molecule has 0 unspecified atom stereocenters. The number of amides is 1. The van der Waals surface area contributed by atoms with Gasteiger partial charge in [0.05, 0.1) is 6.54 Å². The van der Waals surface area contributed by atoms with Gasteiger partial charge in [-0.2, -0.15) is 0 Å². The first-order valence-corrected chi connectivity index (χ1v) is 6.24. The van der Waals surface area contributed by atoms with Crippen molar-refractivity contribution in [2.45, 2.75) is 38.3 Å². The molecule has 1 saturated heterocycles. The quantitative estimate of drug-likeness (QED) is 0.710. The molecule has 1 heterocycles. The number of nitrogens with two attached hydrogens (primary N) is 1. The van der Waals surface area contributed by atoms with Crippen molar-refractivity contribution in [2.24, 2.45) is 5.73 Å². The zero-order chi connectivity index (χ0) is 12.9. The predicted molar refractivity (Wildman–Crippen MR) is 67.7 cm³/mol. The van der Waals surface area contributed by atoms with Crippen LogP contribution in [0.15, 0.2) is 0 Å². The lowest BCUT2D eigenvalue weighted by Gasteiger charge is -2.34. The van der Waals surface area contributed by atoms with E-state index >= 15 is 0 Å². The van der Waals surface area contributed by atoms with Crippen LogP contribution in [0.2, 0.25) is 0 Å². The molecule has 5 heteroatoms. The molecular weight excluding hydrogens is 218 g/mol. The zero-order valence-corrected chi connectivity index (χ0v) is 11.2. The summed E-state index contributed by atoms with van der Waals surface area (Å²) in [6.07, 6.45) is 1.82. The van der Waals surface area contributed by atoms with Gasteiger partial charge in [-0.25, -0.2) is 0 Å². The Balaban J connectivity index is 2.33. The lowest BCUT2D eigenvalue weighted by Crippen LogP contribution is -2.52. The fourth-order valence-corrected chi connectivity index (χ4v) is 1.70. The maximum absolute atomic E-state index is 11.8. The number of likely N-dealkylation sites (N-methyl/N-ethyl adjacent to an activating group) is 1. The lowest BCUT2D eigenvalue weighted by atomic mass is 10.0. The summed E-state index contributed by atoms with van der Waals surface area (Å²) in [5.41, 5.74) is 5.53. The Hall–Kier alpha value is -0.650. The van der Waals surface area contributed by atoms with Crippen molar-refractivity contribution in [1.29, 1.82) is 0 Å². The van der Waals surface area contributed by atoms with Gasteiger partial charge in [0.25, 0.3) is 0 Å². The second kappa shape index (κ2) is 6.33. The predicted octanol–water partition coefficient (Wildman–Crippen LogP) is -0.0493. The topological polar surface area (TPSA) is 67.6 Å². The summed E-state index contributed by atoms with van der Waals surface area (Å²) in [6, 6.07) is 0.269. The molecule has 0 aromatic rings. The first-order chi connectivity index (χ1) is 7.95. The first-order valence-electron chi connectivity index (χ1n) is 6.24. The smallest absolute Gasteiger partial charge is 0.234 e. The molecule has 0 saturated carbocycles. The number of hydrogen-bond donors (Lipinski definition) is 2. The van der Waals surface area contributed by atoms with Crippen molar-refractivity contribution in [1.82, 2.24) is 10.2 Å². The van der Waals surface area contributed by atoms with Gasteiger partial charge in [0.15, 0.2) is 0 Å². The van der Waals surface area contributed by atoms with Crippen molar-refractivity contribution < 1.29 is 9.53 Å². The Morgan fingerprint density at radius 1 is 1.47 bits per heavy atom. The van der Waals surface area contributed by atoms with Crippen LogP contribution in [0.4, 0.5) is 0 Å². The van der Waals surface area contributed by atoms with E-state index in [-0.39, 0.29) is 17.5 Å². The minimum atomic E-state index is -0.146. The molecule has 0 aromatic heterocycles. The van der Waals surface area contributed by atoms with E-state index in [1.165, 1.54) is 0 Å². The molecule has 0 spiro atoms. The largest absolute Gasteiger partial charge is 0.381 e. The number of nitrogens with one attached hydrogen (secondary N) is 1. The third-order valence-electron chi connectivity index (χ3n) is 3.50. The number of carbonyl (C=O) groups excluding carboxylic acids is 1. The number of nitrogens with zero attached hydrogens (tertiary/aromatic N) is 1. The van der Waals surface area contributed by atoms with Crippen LogP contribution in [0.3, 0.4) is 0 Å². The number of rotatable bonds is 5. The molecular formula is C12H25N3O2. The average molecular weight is 243 g/mol. The minimum absolute atomic E-state index is 0.0703. The summed E-state index contributed by atoms with van der Waals surface area (Å²) in [5, 5.41) is 3.04. The van der Waals surface area contributed by atoms with Gasteiger partial charge in [-0.3, -0.25) is 9.69 Å². The summed E-state index contributed by atoms with van der Waals surface area (Å²) >= 11 is 0. The van der Waals surface area contributed by atoms with Gasteiger partial charge >= 0.3 is 0 Å². The molecule has 0 aliphatic carbocycles. The highest BCUT2D eigenvalue weighted by Gasteiger charge is 2.24. The number of carbonyl (C=O) groups is 1. The van der Waals surface area contributed by atoms with Crippen molar-refractivity contribution in [3.05, 3.63) is 0 Å². The highest BCUT2D eigenvalue weighted by molar-refractivity contribution is 5.78. The second-order valence-corrected chi connectivity index (χ2v) is 5.33. The molecule has 100 valence electrons. The third-order valence-corrected chi connectivity index (χ3v) is 3.50. The molecule has 3 N–H and O–H groups in total. The Morgan fingerprint density at radius 2 is 2.06 bits per heavy atom. The monoisotopic (exact) mass is 243 g/mol. The Labute approximate surface area is 104 Å². The van der Waals surface area contributed by atoms with Crippen LogP contribution < -0.4 is 11.1 Å². The van der Waals surface area contributed by atoms with Gasteiger partial charge in [0.2, 0.25) is 5.91 Å². The van der Waals surface area contributed by atoms with Crippen LogP contribution >= 0.6 is 0 Å². The van der Waals surface area contributed by atoms with E-state index in [1.54, 1.807) is 0 Å². The van der Waals surface area contributed by atoms with Crippen LogP contribution in [0.5, 0.6) is 0 Å². The summed E-state index contributed by atoms with van der Waals surface area (Å²) in [4.78, 5) is 13.8. The van der Waals surface area contributed by atoms with Crippen molar-refractivity contribution in [2.75, 3.05) is 33.4 Å². The van der Waals surface area contributed by atoms with E-state index in [9.17, 15) is 4.79 Å². The van der Waals surface area contributed by atoms with Crippen LogP contribution in [0.25, 0.3) is 0 Å². The third kappa shape index (κ3) is 4.61.